The lowest BCUT2D eigenvalue weighted by Crippen LogP contribution is -1.98. The molecule has 0 spiro atoms. The van der Waals surface area contributed by atoms with Gasteiger partial charge in [0, 0.05) is 30.3 Å². The second kappa shape index (κ2) is 4.99. The van der Waals surface area contributed by atoms with Crippen molar-refractivity contribution >= 4 is 11.6 Å². The van der Waals surface area contributed by atoms with Crippen LogP contribution < -0.4 is 0 Å². The summed E-state index contributed by atoms with van der Waals surface area (Å²) in [7, 11) is 0. The maximum Gasteiger partial charge on any atom is 0.303 e. The largest absolute Gasteiger partial charge is 0.481 e. The molecular formula is C14H17N3O2. The molecule has 1 fully saturated rings. The fraction of sp³-hybridized carbons (Fsp3) is 0.500. The minimum Gasteiger partial charge on any atom is -0.481 e. The SMILES string of the molecule is O=C(O)CCc1cn2cnc(C3CCCC3)cc2n1. The van der Waals surface area contributed by atoms with E-state index in [-0.39, 0.29) is 6.42 Å². The molecule has 3 rings (SSSR count). The number of aromatic nitrogens is 3. The Kier molecular flexibility index (Phi) is 3.19. The summed E-state index contributed by atoms with van der Waals surface area (Å²) in [6.07, 6.45) is 9.25. The lowest BCUT2D eigenvalue weighted by atomic mass is 10.0. The van der Waals surface area contributed by atoms with Crippen LogP contribution in [0.2, 0.25) is 0 Å². The standard InChI is InChI=1S/C14H17N3O2/c18-14(19)6-5-11-8-17-9-15-12(7-13(17)16-11)10-3-1-2-4-10/h7-10H,1-6H2,(H,18,19). The van der Waals surface area contributed by atoms with Gasteiger partial charge in [-0.3, -0.25) is 9.20 Å². The second-order valence-corrected chi connectivity index (χ2v) is 5.19. The first kappa shape index (κ1) is 12.1. The molecule has 0 saturated heterocycles. The monoisotopic (exact) mass is 259 g/mol. The minimum absolute atomic E-state index is 0.118. The fourth-order valence-corrected chi connectivity index (χ4v) is 2.76. The van der Waals surface area contributed by atoms with Crippen molar-refractivity contribution in [2.24, 2.45) is 0 Å². The summed E-state index contributed by atoms with van der Waals surface area (Å²) in [5, 5.41) is 8.69. The molecule has 0 amide bonds. The molecule has 0 bridgehead atoms. The van der Waals surface area contributed by atoms with Crippen molar-refractivity contribution in [1.29, 1.82) is 0 Å². The van der Waals surface area contributed by atoms with Gasteiger partial charge in [-0.2, -0.15) is 0 Å². The van der Waals surface area contributed by atoms with Gasteiger partial charge in [-0.1, -0.05) is 12.8 Å². The summed E-state index contributed by atoms with van der Waals surface area (Å²) < 4.78 is 1.87. The van der Waals surface area contributed by atoms with Crippen molar-refractivity contribution in [1.82, 2.24) is 14.4 Å². The molecule has 1 aliphatic rings. The lowest BCUT2D eigenvalue weighted by Gasteiger charge is -2.07. The maximum atomic E-state index is 10.6. The Morgan fingerprint density at radius 2 is 2.21 bits per heavy atom. The van der Waals surface area contributed by atoms with Crippen LogP contribution in [0.3, 0.4) is 0 Å². The third kappa shape index (κ3) is 2.59. The van der Waals surface area contributed by atoms with Gasteiger partial charge in [-0.25, -0.2) is 9.97 Å². The molecule has 1 N–H and O–H groups in total. The zero-order valence-electron chi connectivity index (χ0n) is 10.7. The Balaban J connectivity index is 1.84. The number of rotatable bonds is 4. The van der Waals surface area contributed by atoms with Crippen LogP contribution >= 0.6 is 0 Å². The number of fused-ring (bicyclic) bond motifs is 1. The zero-order valence-corrected chi connectivity index (χ0v) is 10.7. The average Bonchev–Trinajstić information content (AvgIpc) is 3.04. The first-order chi connectivity index (χ1) is 9.22. The first-order valence-electron chi connectivity index (χ1n) is 6.78. The van der Waals surface area contributed by atoms with Gasteiger partial charge >= 0.3 is 5.97 Å². The highest BCUT2D eigenvalue weighted by molar-refractivity contribution is 5.67. The van der Waals surface area contributed by atoms with E-state index in [0.29, 0.717) is 12.3 Å². The van der Waals surface area contributed by atoms with E-state index >= 15 is 0 Å². The Morgan fingerprint density at radius 3 is 2.95 bits per heavy atom. The van der Waals surface area contributed by atoms with Crippen LogP contribution in [0.4, 0.5) is 0 Å². The van der Waals surface area contributed by atoms with Crippen molar-refractivity contribution in [3.8, 4) is 0 Å². The fourth-order valence-electron chi connectivity index (χ4n) is 2.76. The number of carbonyl (C=O) groups is 1. The van der Waals surface area contributed by atoms with E-state index in [4.69, 9.17) is 5.11 Å². The van der Waals surface area contributed by atoms with Crippen LogP contribution in [0.25, 0.3) is 5.65 Å². The molecule has 2 aromatic heterocycles. The zero-order chi connectivity index (χ0) is 13.2. The van der Waals surface area contributed by atoms with E-state index in [9.17, 15) is 4.79 Å². The Bertz CT molecular complexity index is 600. The molecular weight excluding hydrogens is 242 g/mol. The lowest BCUT2D eigenvalue weighted by molar-refractivity contribution is -0.136. The summed E-state index contributed by atoms with van der Waals surface area (Å²) in [5.41, 5.74) is 2.81. The summed E-state index contributed by atoms with van der Waals surface area (Å²) in [6, 6.07) is 2.04. The third-order valence-electron chi connectivity index (χ3n) is 3.79. The molecule has 1 aliphatic carbocycles. The van der Waals surface area contributed by atoms with Gasteiger partial charge in [-0.05, 0) is 12.8 Å². The van der Waals surface area contributed by atoms with Gasteiger partial charge < -0.3 is 5.11 Å². The summed E-state index contributed by atoms with van der Waals surface area (Å²) >= 11 is 0. The maximum absolute atomic E-state index is 10.6. The number of nitrogens with zero attached hydrogens (tertiary/aromatic N) is 3. The van der Waals surface area contributed by atoms with Gasteiger partial charge in [0.15, 0.2) is 0 Å². The average molecular weight is 259 g/mol. The molecule has 0 aromatic carbocycles. The van der Waals surface area contributed by atoms with E-state index < -0.39 is 5.97 Å². The molecule has 1 saturated carbocycles. The molecule has 2 heterocycles. The number of carboxylic acid groups (broad SMARTS) is 1. The molecule has 2 aromatic rings. The van der Waals surface area contributed by atoms with Crippen molar-refractivity contribution < 1.29 is 9.90 Å². The molecule has 0 atom stereocenters. The van der Waals surface area contributed by atoms with Crippen LogP contribution in [0, 0.1) is 0 Å². The number of carboxylic acids is 1. The molecule has 0 aliphatic heterocycles. The van der Waals surface area contributed by atoms with Crippen molar-refractivity contribution in [2.75, 3.05) is 0 Å². The number of hydrogen-bond acceptors (Lipinski definition) is 3. The third-order valence-corrected chi connectivity index (χ3v) is 3.79. The Labute approximate surface area is 111 Å². The molecule has 19 heavy (non-hydrogen) atoms. The molecule has 100 valence electrons. The van der Waals surface area contributed by atoms with E-state index in [0.717, 1.165) is 17.0 Å². The highest BCUT2D eigenvalue weighted by Gasteiger charge is 2.19. The van der Waals surface area contributed by atoms with Crippen LogP contribution in [-0.2, 0) is 11.2 Å². The van der Waals surface area contributed by atoms with Gasteiger partial charge in [0.2, 0.25) is 0 Å². The normalized spacial score (nSPS) is 16.2. The Morgan fingerprint density at radius 1 is 1.42 bits per heavy atom. The molecule has 5 heteroatoms. The topological polar surface area (TPSA) is 67.5 Å². The van der Waals surface area contributed by atoms with Gasteiger partial charge in [-0.15, -0.1) is 0 Å². The smallest absolute Gasteiger partial charge is 0.303 e. The molecule has 5 nitrogen and oxygen atoms in total. The Hall–Kier alpha value is -1.91. The highest BCUT2D eigenvalue weighted by Crippen LogP contribution is 2.33. The van der Waals surface area contributed by atoms with E-state index in [1.165, 1.54) is 25.7 Å². The highest BCUT2D eigenvalue weighted by atomic mass is 16.4. The van der Waals surface area contributed by atoms with E-state index in [1.54, 1.807) is 6.33 Å². The van der Waals surface area contributed by atoms with Gasteiger partial charge in [0.25, 0.3) is 0 Å². The van der Waals surface area contributed by atoms with Crippen LogP contribution in [0.5, 0.6) is 0 Å². The van der Waals surface area contributed by atoms with Crippen molar-refractivity contribution in [2.45, 2.75) is 44.4 Å². The summed E-state index contributed by atoms with van der Waals surface area (Å²) in [4.78, 5) is 19.5. The van der Waals surface area contributed by atoms with Crippen molar-refractivity contribution in [3.05, 3.63) is 30.0 Å². The predicted octanol–water partition coefficient (Wildman–Crippen LogP) is 2.40. The van der Waals surface area contributed by atoms with E-state index in [2.05, 4.69) is 9.97 Å². The summed E-state index contributed by atoms with van der Waals surface area (Å²) in [6.45, 7) is 0. The van der Waals surface area contributed by atoms with Gasteiger partial charge in [0.05, 0.1) is 12.1 Å². The molecule has 0 unspecified atom stereocenters. The van der Waals surface area contributed by atoms with Crippen LogP contribution in [0.1, 0.15) is 49.4 Å². The minimum atomic E-state index is -0.790. The van der Waals surface area contributed by atoms with Crippen LogP contribution in [0.15, 0.2) is 18.6 Å². The van der Waals surface area contributed by atoms with E-state index in [1.807, 2.05) is 16.7 Å². The van der Waals surface area contributed by atoms with Crippen molar-refractivity contribution in [3.63, 3.8) is 0 Å². The number of imidazole rings is 1. The first-order valence-corrected chi connectivity index (χ1v) is 6.78. The second-order valence-electron chi connectivity index (χ2n) is 5.19. The van der Waals surface area contributed by atoms with Crippen LogP contribution in [-0.4, -0.2) is 25.4 Å². The molecule has 0 radical (unpaired) electrons. The number of hydrogen-bond donors (Lipinski definition) is 1. The number of aliphatic carboxylic acids is 1. The summed E-state index contributed by atoms with van der Waals surface area (Å²) in [5.74, 6) is -0.217. The predicted molar refractivity (Wildman–Crippen MR) is 70.2 cm³/mol. The number of aryl methyl sites for hydroxylation is 1. The quantitative estimate of drug-likeness (QED) is 0.915. The van der Waals surface area contributed by atoms with Gasteiger partial charge in [0.1, 0.15) is 12.0 Å².